The quantitative estimate of drug-likeness (QED) is 0.724. The third-order valence-corrected chi connectivity index (χ3v) is 3.54. The topological polar surface area (TPSA) is 66.0 Å². The smallest absolute Gasteiger partial charge is 0.417 e. The molecule has 0 spiro atoms. The molecule has 0 N–H and O–H groups in total. The van der Waals surface area contributed by atoms with E-state index in [0.717, 1.165) is 5.56 Å². The molecule has 1 aromatic carbocycles. The minimum absolute atomic E-state index is 0.0695. The van der Waals surface area contributed by atoms with E-state index in [1.54, 1.807) is 12.3 Å². The summed E-state index contributed by atoms with van der Waals surface area (Å²) < 4.78 is 12.5. The van der Waals surface area contributed by atoms with Crippen LogP contribution in [0.15, 0.2) is 41.2 Å². The van der Waals surface area contributed by atoms with Crippen molar-refractivity contribution in [1.82, 2.24) is 19.9 Å². The van der Waals surface area contributed by atoms with Gasteiger partial charge in [0.25, 0.3) is 0 Å². The molecule has 0 aliphatic carbocycles. The van der Waals surface area contributed by atoms with E-state index in [-0.39, 0.29) is 11.6 Å². The third kappa shape index (κ3) is 3.53. The van der Waals surface area contributed by atoms with Crippen LogP contribution in [0, 0.1) is 0 Å². The molecule has 0 amide bonds. The number of aromatic nitrogens is 4. The number of rotatable bonds is 4. The van der Waals surface area contributed by atoms with Crippen LogP contribution in [0.3, 0.4) is 0 Å². The Morgan fingerprint density at radius 3 is 2.74 bits per heavy atom. The van der Waals surface area contributed by atoms with Gasteiger partial charge in [0.05, 0.1) is 16.8 Å². The van der Waals surface area contributed by atoms with Crippen molar-refractivity contribution in [3.8, 4) is 17.5 Å². The van der Waals surface area contributed by atoms with Gasteiger partial charge in [-0.1, -0.05) is 28.9 Å². The highest BCUT2D eigenvalue weighted by Crippen LogP contribution is 2.26. The molecule has 3 aromatic rings. The first-order valence-corrected chi connectivity index (χ1v) is 7.57. The summed E-state index contributed by atoms with van der Waals surface area (Å²) in [5.74, 6) is 0.399. The molecule has 0 saturated carbocycles. The van der Waals surface area contributed by atoms with Crippen molar-refractivity contribution in [2.24, 2.45) is 0 Å². The summed E-state index contributed by atoms with van der Waals surface area (Å²) >= 11 is 6.11. The molecule has 2 aromatic heterocycles. The van der Waals surface area contributed by atoms with Gasteiger partial charge in [0.1, 0.15) is 6.61 Å². The minimum atomic E-state index is -0.0695. The molecular formula is C16H17ClN4O2. The maximum absolute atomic E-state index is 6.11. The van der Waals surface area contributed by atoms with Gasteiger partial charge in [0, 0.05) is 17.3 Å². The van der Waals surface area contributed by atoms with Crippen LogP contribution in [0.25, 0.3) is 11.4 Å². The van der Waals surface area contributed by atoms with E-state index in [9.17, 15) is 0 Å². The minimum Gasteiger partial charge on any atom is -0.444 e. The van der Waals surface area contributed by atoms with Gasteiger partial charge < -0.3 is 4.74 Å². The summed E-state index contributed by atoms with van der Waals surface area (Å²) in [5.41, 5.74) is 1.56. The molecule has 0 atom stereocenters. The maximum Gasteiger partial charge on any atom is 0.417 e. The third-order valence-electron chi connectivity index (χ3n) is 3.21. The Hall–Kier alpha value is -2.34. The van der Waals surface area contributed by atoms with Gasteiger partial charge in [0.15, 0.2) is 0 Å². The molecule has 0 radical (unpaired) electrons. The van der Waals surface area contributed by atoms with Crippen molar-refractivity contribution in [3.05, 3.63) is 47.2 Å². The highest BCUT2D eigenvalue weighted by Gasteiger charge is 2.15. The average molecular weight is 333 g/mol. The zero-order valence-corrected chi connectivity index (χ0v) is 13.9. The Labute approximate surface area is 139 Å². The van der Waals surface area contributed by atoms with Crippen LogP contribution in [0.2, 0.25) is 5.02 Å². The normalized spacial score (nSPS) is 11.7. The van der Waals surface area contributed by atoms with Crippen LogP contribution in [-0.4, -0.2) is 19.9 Å². The number of hydrogen-bond acceptors (Lipinski definition) is 5. The molecule has 0 saturated heterocycles. The van der Waals surface area contributed by atoms with Crippen molar-refractivity contribution < 1.29 is 9.26 Å². The molecule has 0 unspecified atom stereocenters. The Morgan fingerprint density at radius 1 is 1.26 bits per heavy atom. The van der Waals surface area contributed by atoms with Crippen molar-refractivity contribution in [3.63, 3.8) is 0 Å². The maximum atomic E-state index is 6.11. The van der Waals surface area contributed by atoms with Crippen molar-refractivity contribution in [1.29, 1.82) is 0 Å². The predicted molar refractivity (Wildman–Crippen MR) is 86.3 cm³/mol. The first-order valence-electron chi connectivity index (χ1n) is 7.19. The lowest BCUT2D eigenvalue weighted by Gasteiger charge is -2.18. The van der Waals surface area contributed by atoms with Gasteiger partial charge in [-0.25, -0.2) is 0 Å². The van der Waals surface area contributed by atoms with E-state index < -0.39 is 0 Å². The van der Waals surface area contributed by atoms with Crippen molar-refractivity contribution in [2.45, 2.75) is 32.9 Å². The first kappa shape index (κ1) is 15.6. The Morgan fingerprint density at radius 2 is 2.04 bits per heavy atom. The van der Waals surface area contributed by atoms with E-state index in [4.69, 9.17) is 20.9 Å². The van der Waals surface area contributed by atoms with E-state index in [0.29, 0.717) is 23.0 Å². The monoisotopic (exact) mass is 332 g/mol. The Kier molecular flexibility index (Phi) is 4.09. The van der Waals surface area contributed by atoms with Crippen molar-refractivity contribution in [2.75, 3.05) is 0 Å². The number of hydrogen-bond donors (Lipinski definition) is 0. The van der Waals surface area contributed by atoms with Crippen LogP contribution >= 0.6 is 11.6 Å². The van der Waals surface area contributed by atoms with E-state index in [2.05, 4.69) is 36.0 Å². The summed E-state index contributed by atoms with van der Waals surface area (Å²) in [4.78, 5) is 4.20. The second kappa shape index (κ2) is 6.04. The SMILES string of the molecule is CC(C)(C)n1cc(COc2nc(-c3ccccc3Cl)no2)cn1. The molecule has 23 heavy (non-hydrogen) atoms. The molecule has 0 aliphatic heterocycles. The molecule has 0 fully saturated rings. The zero-order chi connectivity index (χ0) is 16.4. The fraction of sp³-hybridized carbons (Fsp3) is 0.312. The van der Waals surface area contributed by atoms with Gasteiger partial charge in [-0.2, -0.15) is 10.1 Å². The molecular weight excluding hydrogens is 316 g/mol. The molecule has 120 valence electrons. The van der Waals surface area contributed by atoms with Crippen LogP contribution in [0.1, 0.15) is 26.3 Å². The fourth-order valence-corrected chi connectivity index (χ4v) is 2.19. The first-order chi connectivity index (χ1) is 10.9. The van der Waals surface area contributed by atoms with Crippen LogP contribution in [0.4, 0.5) is 0 Å². The summed E-state index contributed by atoms with van der Waals surface area (Å²) in [6, 6.07) is 7.30. The zero-order valence-electron chi connectivity index (χ0n) is 13.2. The van der Waals surface area contributed by atoms with E-state index >= 15 is 0 Å². The van der Waals surface area contributed by atoms with E-state index in [1.807, 2.05) is 29.1 Å². The second-order valence-electron chi connectivity index (χ2n) is 6.12. The van der Waals surface area contributed by atoms with Gasteiger partial charge >= 0.3 is 6.08 Å². The van der Waals surface area contributed by atoms with Gasteiger partial charge in [0.2, 0.25) is 5.82 Å². The van der Waals surface area contributed by atoms with Crippen molar-refractivity contribution >= 4 is 11.6 Å². The highest BCUT2D eigenvalue weighted by molar-refractivity contribution is 6.33. The van der Waals surface area contributed by atoms with Gasteiger partial charge in [-0.3, -0.25) is 9.20 Å². The lowest BCUT2D eigenvalue weighted by Crippen LogP contribution is -2.21. The largest absolute Gasteiger partial charge is 0.444 e. The molecule has 0 bridgehead atoms. The molecule has 7 heteroatoms. The van der Waals surface area contributed by atoms with Crippen LogP contribution in [0.5, 0.6) is 6.08 Å². The predicted octanol–water partition coefficient (Wildman–Crippen LogP) is 3.92. The standard InChI is InChI=1S/C16H17ClN4O2/c1-16(2,3)21-9-11(8-18-21)10-22-15-19-14(20-23-15)12-6-4-5-7-13(12)17/h4-9H,10H2,1-3H3. The Balaban J connectivity index is 1.68. The fourth-order valence-electron chi connectivity index (χ4n) is 1.97. The summed E-state index contributed by atoms with van der Waals surface area (Å²) in [6.07, 6.45) is 3.80. The number of ether oxygens (including phenoxy) is 1. The Bertz CT molecular complexity index is 804. The average Bonchev–Trinajstić information content (AvgIpc) is 3.14. The van der Waals surface area contributed by atoms with Crippen LogP contribution in [-0.2, 0) is 12.1 Å². The van der Waals surface area contributed by atoms with Gasteiger partial charge in [-0.15, -0.1) is 0 Å². The molecule has 6 nitrogen and oxygen atoms in total. The van der Waals surface area contributed by atoms with Crippen LogP contribution < -0.4 is 4.74 Å². The van der Waals surface area contributed by atoms with Gasteiger partial charge in [-0.05, 0) is 32.9 Å². The molecule has 0 aliphatic rings. The molecule has 3 rings (SSSR count). The highest BCUT2D eigenvalue weighted by atomic mass is 35.5. The van der Waals surface area contributed by atoms with E-state index in [1.165, 1.54) is 0 Å². The number of halogens is 1. The number of nitrogens with zero attached hydrogens (tertiary/aromatic N) is 4. The lowest BCUT2D eigenvalue weighted by atomic mass is 10.1. The lowest BCUT2D eigenvalue weighted by molar-refractivity contribution is 0.195. The summed E-state index contributed by atoms with van der Waals surface area (Å²) in [6.45, 7) is 6.55. The molecule has 2 heterocycles. The summed E-state index contributed by atoms with van der Waals surface area (Å²) in [7, 11) is 0. The summed E-state index contributed by atoms with van der Waals surface area (Å²) in [5, 5.41) is 8.77. The number of benzene rings is 1. The second-order valence-corrected chi connectivity index (χ2v) is 6.52.